The summed E-state index contributed by atoms with van der Waals surface area (Å²) in [4.78, 5) is 32.6. The minimum Gasteiger partial charge on any atom is -0.453 e. The van der Waals surface area contributed by atoms with E-state index in [1.165, 1.54) is 30.2 Å². The summed E-state index contributed by atoms with van der Waals surface area (Å²) in [5, 5.41) is 3.10. The van der Waals surface area contributed by atoms with Gasteiger partial charge in [-0.2, -0.15) is 0 Å². The van der Waals surface area contributed by atoms with Gasteiger partial charge in [0, 0.05) is 31.0 Å². The number of ether oxygens (including phenoxy) is 1. The highest BCUT2D eigenvalue weighted by Crippen LogP contribution is 2.29. The molecule has 0 unspecified atom stereocenters. The van der Waals surface area contributed by atoms with Gasteiger partial charge in [-0.3, -0.25) is 14.7 Å². The number of carbonyl (C=O) groups excluding carboxylic acids is 1. The summed E-state index contributed by atoms with van der Waals surface area (Å²) in [7, 11) is 4.01. The lowest BCUT2D eigenvalue weighted by Gasteiger charge is -2.18. The molecule has 4 rings (SSSR count). The molecule has 3 heterocycles. The Kier molecular flexibility index (Phi) is 8.32. The van der Waals surface area contributed by atoms with Gasteiger partial charge in [0.25, 0.3) is 0 Å². The average Bonchev–Trinajstić information content (AvgIpc) is 2.90. The van der Waals surface area contributed by atoms with Crippen LogP contribution in [0.5, 0.6) is 11.5 Å². The summed E-state index contributed by atoms with van der Waals surface area (Å²) < 4.78 is 20.3. The van der Waals surface area contributed by atoms with Crippen LogP contribution in [0.3, 0.4) is 0 Å². The molecule has 4 aromatic rings. The van der Waals surface area contributed by atoms with Crippen molar-refractivity contribution >= 4 is 34.8 Å². The Bertz CT molecular complexity index is 1400. The van der Waals surface area contributed by atoms with E-state index in [1.54, 1.807) is 41.4 Å². The first-order valence-electron chi connectivity index (χ1n) is 11.7. The minimum atomic E-state index is -0.550. The normalized spacial score (nSPS) is 11.5. The first kappa shape index (κ1) is 25.6. The minimum absolute atomic E-state index is 0.0723. The lowest BCUT2D eigenvalue weighted by Crippen LogP contribution is -2.23. The third kappa shape index (κ3) is 6.83. The standard InChI is InChI=1S/C27H28FN7O2/c1-19(10-13-34(2)3)11-14-35(18-36)25-9-7-23-26(33-25)27(31-17-30-23)32-20-6-8-24(22(28)15-20)37-21-5-4-12-29-16-21/h4-10,12,15-18H,11,13-14H2,1-3H3,(H,30,31,32)/b19-10-. The molecule has 0 fully saturated rings. The van der Waals surface area contributed by atoms with Crippen LogP contribution in [0.1, 0.15) is 13.3 Å². The van der Waals surface area contributed by atoms with E-state index >= 15 is 0 Å². The number of nitrogens with one attached hydrogen (secondary N) is 1. The van der Waals surface area contributed by atoms with Gasteiger partial charge in [-0.15, -0.1) is 0 Å². The first-order valence-corrected chi connectivity index (χ1v) is 11.7. The van der Waals surface area contributed by atoms with E-state index in [9.17, 15) is 9.18 Å². The van der Waals surface area contributed by atoms with Crippen LogP contribution < -0.4 is 15.0 Å². The Morgan fingerprint density at radius 2 is 2.03 bits per heavy atom. The Labute approximate surface area is 214 Å². The van der Waals surface area contributed by atoms with Gasteiger partial charge < -0.3 is 15.0 Å². The van der Waals surface area contributed by atoms with Crippen molar-refractivity contribution in [2.75, 3.05) is 37.4 Å². The van der Waals surface area contributed by atoms with E-state index in [0.717, 1.165) is 19.4 Å². The molecule has 9 nitrogen and oxygen atoms in total. The molecule has 3 aromatic heterocycles. The van der Waals surface area contributed by atoms with Crippen molar-refractivity contribution in [1.29, 1.82) is 0 Å². The molecule has 0 radical (unpaired) electrons. The topological polar surface area (TPSA) is 96.4 Å². The number of fused-ring (bicyclic) bond motifs is 1. The molecule has 0 saturated heterocycles. The summed E-state index contributed by atoms with van der Waals surface area (Å²) in [5.74, 6) is 0.824. The highest BCUT2D eigenvalue weighted by atomic mass is 19.1. The van der Waals surface area contributed by atoms with Gasteiger partial charge in [0.15, 0.2) is 17.4 Å². The fourth-order valence-corrected chi connectivity index (χ4v) is 3.47. The largest absolute Gasteiger partial charge is 0.453 e. The maximum Gasteiger partial charge on any atom is 0.215 e. The second-order valence-corrected chi connectivity index (χ2v) is 8.68. The first-order chi connectivity index (χ1) is 17.9. The predicted molar refractivity (Wildman–Crippen MR) is 142 cm³/mol. The number of aromatic nitrogens is 4. The van der Waals surface area contributed by atoms with Gasteiger partial charge in [-0.25, -0.2) is 19.3 Å². The summed E-state index contributed by atoms with van der Waals surface area (Å²) in [5.41, 5.74) is 2.69. The quantitative estimate of drug-likeness (QED) is 0.228. The molecule has 0 saturated carbocycles. The Balaban J connectivity index is 1.53. The number of hydrogen-bond acceptors (Lipinski definition) is 8. The summed E-state index contributed by atoms with van der Waals surface area (Å²) >= 11 is 0. The molecule has 0 bridgehead atoms. The molecule has 10 heteroatoms. The van der Waals surface area contributed by atoms with E-state index < -0.39 is 5.82 Å². The molecule has 0 aliphatic carbocycles. The highest BCUT2D eigenvalue weighted by molar-refractivity contribution is 5.89. The van der Waals surface area contributed by atoms with Crippen molar-refractivity contribution in [3.05, 3.63) is 78.7 Å². The molecule has 0 spiro atoms. The van der Waals surface area contributed by atoms with Crippen LogP contribution in [0.15, 0.2) is 72.8 Å². The van der Waals surface area contributed by atoms with E-state index in [2.05, 4.69) is 36.2 Å². The van der Waals surface area contributed by atoms with Crippen molar-refractivity contribution in [2.45, 2.75) is 13.3 Å². The molecule has 37 heavy (non-hydrogen) atoms. The molecule has 1 amide bonds. The van der Waals surface area contributed by atoms with Crippen molar-refractivity contribution in [1.82, 2.24) is 24.8 Å². The highest BCUT2D eigenvalue weighted by Gasteiger charge is 2.13. The number of amides is 1. The number of benzene rings is 1. The van der Waals surface area contributed by atoms with Crippen LogP contribution in [0, 0.1) is 5.82 Å². The summed E-state index contributed by atoms with van der Waals surface area (Å²) in [6, 6.07) is 11.4. The fraction of sp³-hybridized carbons (Fsp3) is 0.222. The van der Waals surface area contributed by atoms with Crippen LogP contribution >= 0.6 is 0 Å². The molecule has 0 atom stereocenters. The lowest BCUT2D eigenvalue weighted by atomic mass is 10.2. The monoisotopic (exact) mass is 501 g/mol. The van der Waals surface area contributed by atoms with Crippen LogP contribution in [0.25, 0.3) is 11.0 Å². The molecule has 1 aromatic carbocycles. The zero-order valence-electron chi connectivity index (χ0n) is 20.9. The summed E-state index contributed by atoms with van der Waals surface area (Å²) in [6.45, 7) is 3.37. The zero-order valence-corrected chi connectivity index (χ0v) is 20.9. The summed E-state index contributed by atoms with van der Waals surface area (Å²) in [6.07, 6.45) is 8.14. The molecular weight excluding hydrogens is 473 g/mol. The zero-order chi connectivity index (χ0) is 26.2. The Hall–Kier alpha value is -4.44. The Morgan fingerprint density at radius 1 is 1.16 bits per heavy atom. The number of hydrogen-bond donors (Lipinski definition) is 1. The Morgan fingerprint density at radius 3 is 2.76 bits per heavy atom. The lowest BCUT2D eigenvalue weighted by molar-refractivity contribution is -0.107. The van der Waals surface area contributed by atoms with Crippen molar-refractivity contribution < 1.29 is 13.9 Å². The van der Waals surface area contributed by atoms with Crippen molar-refractivity contribution in [3.8, 4) is 11.5 Å². The molecule has 190 valence electrons. The van der Waals surface area contributed by atoms with E-state index in [1.807, 2.05) is 21.0 Å². The van der Waals surface area contributed by atoms with Gasteiger partial charge in [0.1, 0.15) is 23.4 Å². The maximum atomic E-state index is 14.7. The smallest absolute Gasteiger partial charge is 0.215 e. The fourth-order valence-electron chi connectivity index (χ4n) is 3.47. The number of pyridine rings is 2. The molecular formula is C27H28FN7O2. The number of rotatable bonds is 11. The van der Waals surface area contributed by atoms with Crippen LogP contribution in [0.4, 0.5) is 21.7 Å². The third-order valence-corrected chi connectivity index (χ3v) is 5.50. The van der Waals surface area contributed by atoms with Gasteiger partial charge in [0.05, 0.1) is 11.7 Å². The number of carbonyl (C=O) groups is 1. The van der Waals surface area contributed by atoms with Crippen LogP contribution in [-0.2, 0) is 4.79 Å². The second-order valence-electron chi connectivity index (χ2n) is 8.68. The van der Waals surface area contributed by atoms with Crippen molar-refractivity contribution in [3.63, 3.8) is 0 Å². The van der Waals surface area contributed by atoms with Gasteiger partial charge >= 0.3 is 0 Å². The number of halogens is 1. The van der Waals surface area contributed by atoms with Gasteiger partial charge in [0.2, 0.25) is 6.41 Å². The third-order valence-electron chi connectivity index (χ3n) is 5.50. The second kappa shape index (κ2) is 12.0. The molecule has 1 N–H and O–H groups in total. The average molecular weight is 502 g/mol. The van der Waals surface area contributed by atoms with E-state index in [4.69, 9.17) is 4.74 Å². The van der Waals surface area contributed by atoms with Crippen molar-refractivity contribution in [2.24, 2.45) is 0 Å². The predicted octanol–water partition coefficient (Wildman–Crippen LogP) is 4.96. The molecule has 0 aliphatic heterocycles. The number of anilines is 3. The van der Waals surface area contributed by atoms with Crippen LogP contribution in [-0.4, -0.2) is 58.4 Å². The SMILES string of the molecule is C/C(=C/CN(C)C)CCN(C=O)c1ccc2ncnc(Nc3ccc(Oc4cccnc4)c(F)c3)c2n1. The number of likely N-dealkylation sites (N-methyl/N-ethyl adjacent to an activating group) is 1. The van der Waals surface area contributed by atoms with Gasteiger partial charge in [-0.1, -0.05) is 11.6 Å². The van der Waals surface area contributed by atoms with E-state index in [-0.39, 0.29) is 5.75 Å². The molecule has 0 aliphatic rings. The number of nitrogens with zero attached hydrogens (tertiary/aromatic N) is 6. The van der Waals surface area contributed by atoms with E-state index in [0.29, 0.717) is 40.7 Å². The van der Waals surface area contributed by atoms with Gasteiger partial charge in [-0.05, 0) is 63.8 Å². The maximum absolute atomic E-state index is 14.7. The van der Waals surface area contributed by atoms with Crippen LogP contribution in [0.2, 0.25) is 0 Å².